The van der Waals surface area contributed by atoms with Gasteiger partial charge in [0.15, 0.2) is 0 Å². The smallest absolute Gasteiger partial charge is 0.335 e. The second-order valence-corrected chi connectivity index (χ2v) is 4.82. The van der Waals surface area contributed by atoms with Crippen molar-refractivity contribution in [1.82, 2.24) is 16.0 Å². The van der Waals surface area contributed by atoms with Crippen LogP contribution in [0.4, 0.5) is 4.79 Å². The summed E-state index contributed by atoms with van der Waals surface area (Å²) >= 11 is 0. The second kappa shape index (κ2) is 6.74. The number of carbonyl (C=O) groups excluding carboxylic acids is 2. The van der Waals surface area contributed by atoms with Gasteiger partial charge in [-0.1, -0.05) is 18.2 Å². The number of urea groups is 1. The molecule has 1 aliphatic heterocycles. The molecule has 4 N–H and O–H groups in total. The Balaban J connectivity index is 1.78. The molecular formula is C14H17N3O4. The Kier molecular flexibility index (Phi) is 4.76. The highest BCUT2D eigenvalue weighted by Gasteiger charge is 2.22. The molecule has 1 fully saturated rings. The number of carboxylic acids is 1. The average Bonchev–Trinajstić information content (AvgIpc) is 2.84. The Morgan fingerprint density at radius 2 is 2.10 bits per heavy atom. The van der Waals surface area contributed by atoms with E-state index in [1.807, 2.05) is 0 Å². The monoisotopic (exact) mass is 291 g/mol. The first-order chi connectivity index (χ1) is 10.1. The average molecular weight is 291 g/mol. The van der Waals surface area contributed by atoms with Gasteiger partial charge in [-0.25, -0.2) is 9.59 Å². The van der Waals surface area contributed by atoms with Crippen LogP contribution in [0.1, 0.15) is 22.3 Å². The van der Waals surface area contributed by atoms with Crippen molar-refractivity contribution in [1.29, 1.82) is 0 Å². The van der Waals surface area contributed by atoms with Crippen LogP contribution in [0.25, 0.3) is 0 Å². The van der Waals surface area contributed by atoms with Gasteiger partial charge in [-0.05, 0) is 18.1 Å². The van der Waals surface area contributed by atoms with Gasteiger partial charge in [0.1, 0.15) is 0 Å². The fourth-order valence-corrected chi connectivity index (χ4v) is 2.20. The lowest BCUT2D eigenvalue weighted by molar-refractivity contribution is -0.119. The lowest BCUT2D eigenvalue weighted by Crippen LogP contribution is -2.43. The number of rotatable bonds is 5. The molecule has 1 atom stereocenters. The highest BCUT2D eigenvalue weighted by molar-refractivity contribution is 5.89. The molecule has 0 saturated carbocycles. The first kappa shape index (κ1) is 14.8. The summed E-state index contributed by atoms with van der Waals surface area (Å²) in [5.74, 6) is -1.05. The van der Waals surface area contributed by atoms with Crippen LogP contribution in [-0.2, 0) is 11.2 Å². The summed E-state index contributed by atoms with van der Waals surface area (Å²) in [4.78, 5) is 33.7. The molecule has 2 rings (SSSR count). The Labute approximate surface area is 121 Å². The largest absolute Gasteiger partial charge is 0.478 e. The van der Waals surface area contributed by atoms with Gasteiger partial charge in [-0.2, -0.15) is 0 Å². The van der Waals surface area contributed by atoms with Crippen molar-refractivity contribution >= 4 is 17.9 Å². The van der Waals surface area contributed by atoms with E-state index in [0.717, 1.165) is 0 Å². The fraction of sp³-hybridized carbons (Fsp3) is 0.357. The van der Waals surface area contributed by atoms with E-state index in [1.54, 1.807) is 18.2 Å². The van der Waals surface area contributed by atoms with Crippen LogP contribution in [0.15, 0.2) is 24.3 Å². The second-order valence-electron chi connectivity index (χ2n) is 4.82. The zero-order valence-electron chi connectivity index (χ0n) is 11.4. The normalized spacial score (nSPS) is 17.1. The summed E-state index contributed by atoms with van der Waals surface area (Å²) in [5.41, 5.74) is 0.910. The molecule has 0 bridgehead atoms. The maximum Gasteiger partial charge on any atom is 0.335 e. The Morgan fingerprint density at radius 1 is 1.33 bits per heavy atom. The van der Waals surface area contributed by atoms with Crippen molar-refractivity contribution in [3.8, 4) is 0 Å². The van der Waals surface area contributed by atoms with Crippen molar-refractivity contribution in [2.75, 3.05) is 13.1 Å². The predicted octanol–water partition coefficient (Wildman–Crippen LogP) is 0.115. The lowest BCUT2D eigenvalue weighted by atomic mass is 10.0. The molecule has 1 saturated heterocycles. The number of carbonyl (C=O) groups is 3. The highest BCUT2D eigenvalue weighted by atomic mass is 16.4. The van der Waals surface area contributed by atoms with Crippen LogP contribution < -0.4 is 16.0 Å². The first-order valence-corrected chi connectivity index (χ1v) is 6.68. The summed E-state index contributed by atoms with van der Waals surface area (Å²) < 4.78 is 0. The molecule has 0 aromatic heterocycles. The molecule has 1 heterocycles. The summed E-state index contributed by atoms with van der Waals surface area (Å²) in [6.45, 7) is 0.762. The van der Waals surface area contributed by atoms with Gasteiger partial charge < -0.3 is 21.1 Å². The summed E-state index contributed by atoms with van der Waals surface area (Å²) in [5, 5.41) is 17.0. The van der Waals surface area contributed by atoms with Crippen molar-refractivity contribution in [2.45, 2.75) is 18.9 Å². The maximum atomic E-state index is 11.6. The van der Waals surface area contributed by atoms with E-state index in [-0.39, 0.29) is 30.0 Å². The van der Waals surface area contributed by atoms with Crippen molar-refractivity contribution in [3.05, 3.63) is 35.4 Å². The number of carboxylic acid groups (broad SMARTS) is 1. The molecule has 1 unspecified atom stereocenters. The van der Waals surface area contributed by atoms with Crippen LogP contribution in [0.3, 0.4) is 0 Å². The molecule has 1 aliphatic rings. The standard InChI is InChI=1S/C14H17N3O4/c18-12-7-10(8-16-12)17-14(21)15-6-5-9-3-1-2-4-11(9)13(19)20/h1-4,10H,5-8H2,(H,16,18)(H,19,20)(H2,15,17,21). The lowest BCUT2D eigenvalue weighted by Gasteiger charge is -2.12. The van der Waals surface area contributed by atoms with E-state index < -0.39 is 5.97 Å². The van der Waals surface area contributed by atoms with Gasteiger partial charge in [-0.3, -0.25) is 4.79 Å². The van der Waals surface area contributed by atoms with Crippen LogP contribution in [0.5, 0.6) is 0 Å². The molecule has 7 nitrogen and oxygen atoms in total. The molecule has 1 aromatic rings. The number of hydrogen-bond acceptors (Lipinski definition) is 3. The summed E-state index contributed by atoms with van der Waals surface area (Å²) in [6, 6.07) is 6.14. The van der Waals surface area contributed by atoms with Crippen LogP contribution >= 0.6 is 0 Å². The molecule has 0 aliphatic carbocycles. The first-order valence-electron chi connectivity index (χ1n) is 6.68. The number of amides is 3. The Bertz CT molecular complexity index is 559. The summed E-state index contributed by atoms with van der Waals surface area (Å²) in [7, 11) is 0. The van der Waals surface area contributed by atoms with Gasteiger partial charge in [0.05, 0.1) is 11.6 Å². The Morgan fingerprint density at radius 3 is 2.76 bits per heavy atom. The van der Waals surface area contributed by atoms with E-state index in [2.05, 4.69) is 16.0 Å². The van der Waals surface area contributed by atoms with Gasteiger partial charge in [0.25, 0.3) is 0 Å². The van der Waals surface area contributed by atoms with Gasteiger partial charge in [0.2, 0.25) is 5.91 Å². The number of hydrogen-bond donors (Lipinski definition) is 4. The molecule has 3 amide bonds. The molecule has 112 valence electrons. The highest BCUT2D eigenvalue weighted by Crippen LogP contribution is 2.09. The molecule has 7 heteroatoms. The third-order valence-electron chi connectivity index (χ3n) is 3.24. The third kappa shape index (κ3) is 4.20. The third-order valence-corrected chi connectivity index (χ3v) is 3.24. The van der Waals surface area contributed by atoms with E-state index in [1.165, 1.54) is 6.07 Å². The number of nitrogens with one attached hydrogen (secondary N) is 3. The minimum Gasteiger partial charge on any atom is -0.478 e. The van der Waals surface area contributed by atoms with Crippen molar-refractivity contribution in [2.24, 2.45) is 0 Å². The van der Waals surface area contributed by atoms with E-state index in [4.69, 9.17) is 5.11 Å². The number of aromatic carboxylic acids is 1. The minimum absolute atomic E-state index is 0.0734. The van der Waals surface area contributed by atoms with Gasteiger partial charge >= 0.3 is 12.0 Å². The fourth-order valence-electron chi connectivity index (χ4n) is 2.20. The van der Waals surface area contributed by atoms with Crippen molar-refractivity contribution in [3.63, 3.8) is 0 Å². The van der Waals surface area contributed by atoms with E-state index in [9.17, 15) is 14.4 Å². The molecular weight excluding hydrogens is 274 g/mol. The van der Waals surface area contributed by atoms with Gasteiger partial charge in [0, 0.05) is 19.5 Å². The van der Waals surface area contributed by atoms with Crippen molar-refractivity contribution < 1.29 is 19.5 Å². The molecule has 21 heavy (non-hydrogen) atoms. The minimum atomic E-state index is -0.981. The van der Waals surface area contributed by atoms with Gasteiger partial charge in [-0.15, -0.1) is 0 Å². The maximum absolute atomic E-state index is 11.6. The zero-order valence-corrected chi connectivity index (χ0v) is 11.4. The quantitative estimate of drug-likeness (QED) is 0.617. The summed E-state index contributed by atoms with van der Waals surface area (Å²) in [6.07, 6.45) is 0.715. The topological polar surface area (TPSA) is 108 Å². The van der Waals surface area contributed by atoms with Crippen LogP contribution in [0, 0.1) is 0 Å². The zero-order chi connectivity index (χ0) is 15.2. The molecule has 0 spiro atoms. The Hall–Kier alpha value is -2.57. The van der Waals surface area contributed by atoms with Crippen LogP contribution in [0.2, 0.25) is 0 Å². The molecule has 1 aromatic carbocycles. The van der Waals surface area contributed by atoms with E-state index >= 15 is 0 Å². The van der Waals surface area contributed by atoms with Crippen LogP contribution in [-0.4, -0.2) is 42.1 Å². The number of benzene rings is 1. The SMILES string of the molecule is O=C1CC(NC(=O)NCCc2ccccc2C(=O)O)CN1. The van der Waals surface area contributed by atoms with E-state index in [0.29, 0.717) is 25.1 Å². The molecule has 0 radical (unpaired) electrons. The predicted molar refractivity (Wildman–Crippen MR) is 75.1 cm³/mol.